The number of hydrogen-bond acceptors (Lipinski definition) is 2. The molecule has 1 aliphatic carbocycles. The zero-order chi connectivity index (χ0) is 14.0. The summed E-state index contributed by atoms with van der Waals surface area (Å²) in [6.07, 6.45) is 3.81. The Hall–Kier alpha value is -1.45. The van der Waals surface area contributed by atoms with Crippen LogP contribution in [0.2, 0.25) is 0 Å². The van der Waals surface area contributed by atoms with Crippen molar-refractivity contribution in [1.82, 2.24) is 0 Å². The highest BCUT2D eigenvalue weighted by Crippen LogP contribution is 2.37. The van der Waals surface area contributed by atoms with Gasteiger partial charge in [0.1, 0.15) is 6.29 Å². The van der Waals surface area contributed by atoms with Crippen LogP contribution in [-0.4, -0.2) is 12.4 Å². The second-order valence-electron chi connectivity index (χ2n) is 5.91. The summed E-state index contributed by atoms with van der Waals surface area (Å²) in [5.41, 5.74) is 0.255. The van der Waals surface area contributed by atoms with Crippen molar-refractivity contribution in [1.29, 1.82) is 0 Å². The van der Waals surface area contributed by atoms with E-state index in [1.807, 2.05) is 0 Å². The van der Waals surface area contributed by atoms with Crippen LogP contribution < -0.4 is 4.74 Å². The Balaban J connectivity index is 2.10. The molecule has 1 aliphatic rings. The molecule has 2 nitrogen and oxygen atoms in total. The summed E-state index contributed by atoms with van der Waals surface area (Å²) in [6, 6.07) is 2.00. The van der Waals surface area contributed by atoms with Gasteiger partial charge in [0.25, 0.3) is 0 Å². The molecule has 0 N–H and O–H groups in total. The van der Waals surface area contributed by atoms with Gasteiger partial charge in [-0.15, -0.1) is 0 Å². The van der Waals surface area contributed by atoms with E-state index in [0.29, 0.717) is 6.29 Å². The lowest BCUT2D eigenvalue weighted by Crippen LogP contribution is -2.28. The van der Waals surface area contributed by atoms with E-state index in [4.69, 9.17) is 4.74 Å². The fourth-order valence-corrected chi connectivity index (χ4v) is 2.42. The molecule has 0 spiro atoms. The molecule has 2 rings (SSSR count). The monoisotopic (exact) mass is 268 g/mol. The van der Waals surface area contributed by atoms with E-state index in [0.717, 1.165) is 37.8 Å². The molecule has 0 amide bonds. The highest BCUT2D eigenvalue weighted by Gasteiger charge is 2.29. The molecule has 1 fully saturated rings. The molecule has 0 aliphatic heterocycles. The van der Waals surface area contributed by atoms with Gasteiger partial charge in [0.15, 0.2) is 17.4 Å². The lowest BCUT2D eigenvalue weighted by atomic mass is 9.76. The number of aldehydes is 1. The van der Waals surface area contributed by atoms with Gasteiger partial charge in [0.05, 0.1) is 6.10 Å². The second-order valence-corrected chi connectivity index (χ2v) is 5.91. The quantitative estimate of drug-likeness (QED) is 0.771. The number of rotatable bonds is 3. The van der Waals surface area contributed by atoms with E-state index in [2.05, 4.69) is 13.8 Å². The highest BCUT2D eigenvalue weighted by molar-refractivity contribution is 5.75. The predicted molar refractivity (Wildman–Crippen MR) is 68.4 cm³/mol. The van der Waals surface area contributed by atoms with Gasteiger partial charge in [0, 0.05) is 5.56 Å². The van der Waals surface area contributed by atoms with Gasteiger partial charge in [0.2, 0.25) is 0 Å². The summed E-state index contributed by atoms with van der Waals surface area (Å²) in [5, 5.41) is 0. The number of hydrogen-bond donors (Lipinski definition) is 0. The molecule has 19 heavy (non-hydrogen) atoms. The molecule has 4 heteroatoms. The molecular formula is C15H18F2O2. The summed E-state index contributed by atoms with van der Waals surface area (Å²) in [7, 11) is 0. The highest BCUT2D eigenvalue weighted by atomic mass is 19.1. The predicted octanol–water partition coefficient (Wildman–Crippen LogP) is 4.12. The maximum Gasteiger partial charge on any atom is 0.191 e. The molecule has 1 aromatic carbocycles. The third-order valence-electron chi connectivity index (χ3n) is 3.73. The summed E-state index contributed by atoms with van der Waals surface area (Å²) in [4.78, 5) is 10.5. The first-order chi connectivity index (χ1) is 8.91. The van der Waals surface area contributed by atoms with Crippen LogP contribution in [0.4, 0.5) is 8.78 Å². The van der Waals surface area contributed by atoms with Crippen molar-refractivity contribution >= 4 is 6.29 Å². The Morgan fingerprint density at radius 3 is 2.21 bits per heavy atom. The van der Waals surface area contributed by atoms with Crippen molar-refractivity contribution in [2.75, 3.05) is 0 Å². The van der Waals surface area contributed by atoms with Crippen molar-refractivity contribution in [3.8, 4) is 5.75 Å². The summed E-state index contributed by atoms with van der Waals surface area (Å²) in [6.45, 7) is 4.37. The lowest BCUT2D eigenvalue weighted by Gasteiger charge is -2.34. The Morgan fingerprint density at radius 1 is 1.21 bits per heavy atom. The van der Waals surface area contributed by atoms with Gasteiger partial charge in [-0.2, -0.15) is 0 Å². The molecule has 0 bridgehead atoms. The molecule has 1 aromatic rings. The van der Waals surface area contributed by atoms with E-state index in [1.165, 1.54) is 0 Å². The molecule has 0 saturated heterocycles. The first-order valence-corrected chi connectivity index (χ1v) is 6.52. The van der Waals surface area contributed by atoms with E-state index in [9.17, 15) is 13.6 Å². The molecule has 0 aromatic heterocycles. The summed E-state index contributed by atoms with van der Waals surface area (Å²) < 4.78 is 32.8. The minimum atomic E-state index is -0.813. The molecular weight excluding hydrogens is 250 g/mol. The minimum Gasteiger partial charge on any atom is -0.484 e. The lowest BCUT2D eigenvalue weighted by molar-refractivity contribution is 0.0913. The summed E-state index contributed by atoms with van der Waals surface area (Å²) >= 11 is 0. The third kappa shape index (κ3) is 3.31. The molecule has 0 radical (unpaired) electrons. The fourth-order valence-electron chi connectivity index (χ4n) is 2.42. The molecule has 0 unspecified atom stereocenters. The number of ether oxygens (including phenoxy) is 1. The fraction of sp³-hybridized carbons (Fsp3) is 0.533. The van der Waals surface area contributed by atoms with Gasteiger partial charge < -0.3 is 4.74 Å². The molecule has 1 saturated carbocycles. The summed E-state index contributed by atoms with van der Waals surface area (Å²) in [5.74, 6) is -1.99. The van der Waals surface area contributed by atoms with E-state index in [1.54, 1.807) is 0 Å². The first-order valence-electron chi connectivity index (χ1n) is 6.52. The standard InChI is InChI=1S/C15H18F2O2/c1-15(2)5-3-11(4-6-15)19-14-12(16)7-10(9-18)8-13(14)17/h7-9,11H,3-6H2,1-2H3. The molecule has 104 valence electrons. The number of carbonyl (C=O) groups is 1. The Bertz CT molecular complexity index is 450. The smallest absolute Gasteiger partial charge is 0.191 e. The van der Waals surface area contributed by atoms with Crippen molar-refractivity contribution in [2.45, 2.75) is 45.6 Å². The average Bonchev–Trinajstić information content (AvgIpc) is 2.35. The van der Waals surface area contributed by atoms with Crippen LogP contribution in [0.3, 0.4) is 0 Å². The molecule has 0 heterocycles. The number of carbonyl (C=O) groups excluding carboxylic acids is 1. The van der Waals surface area contributed by atoms with Gasteiger partial charge in [-0.05, 0) is 43.2 Å². The second kappa shape index (κ2) is 5.27. The average molecular weight is 268 g/mol. The topological polar surface area (TPSA) is 26.3 Å². The van der Waals surface area contributed by atoms with Crippen molar-refractivity contribution in [3.05, 3.63) is 29.3 Å². The van der Waals surface area contributed by atoms with E-state index in [-0.39, 0.29) is 22.8 Å². The van der Waals surface area contributed by atoms with E-state index < -0.39 is 11.6 Å². The third-order valence-corrected chi connectivity index (χ3v) is 3.73. The maximum atomic E-state index is 13.7. The van der Waals surface area contributed by atoms with Crippen LogP contribution in [0.15, 0.2) is 12.1 Å². The Morgan fingerprint density at radius 2 is 1.74 bits per heavy atom. The zero-order valence-electron chi connectivity index (χ0n) is 11.2. The van der Waals surface area contributed by atoms with Crippen LogP contribution in [0.5, 0.6) is 5.75 Å². The first kappa shape index (κ1) is 14.0. The normalized spacial score (nSPS) is 19.2. The van der Waals surface area contributed by atoms with Crippen molar-refractivity contribution in [2.24, 2.45) is 5.41 Å². The van der Waals surface area contributed by atoms with E-state index >= 15 is 0 Å². The van der Waals surface area contributed by atoms with Crippen LogP contribution in [0.25, 0.3) is 0 Å². The van der Waals surface area contributed by atoms with Crippen LogP contribution >= 0.6 is 0 Å². The van der Waals surface area contributed by atoms with Gasteiger partial charge in [-0.3, -0.25) is 4.79 Å². The number of halogens is 2. The van der Waals surface area contributed by atoms with Crippen molar-refractivity contribution in [3.63, 3.8) is 0 Å². The zero-order valence-corrected chi connectivity index (χ0v) is 11.2. The Labute approximate surface area is 111 Å². The van der Waals surface area contributed by atoms with Gasteiger partial charge in [-0.1, -0.05) is 13.8 Å². The van der Waals surface area contributed by atoms with Gasteiger partial charge >= 0.3 is 0 Å². The van der Waals surface area contributed by atoms with Crippen LogP contribution in [-0.2, 0) is 0 Å². The van der Waals surface area contributed by atoms with Crippen LogP contribution in [0.1, 0.15) is 49.9 Å². The SMILES string of the molecule is CC1(C)CCC(Oc2c(F)cc(C=O)cc2F)CC1. The maximum absolute atomic E-state index is 13.7. The van der Waals surface area contributed by atoms with Gasteiger partial charge in [-0.25, -0.2) is 8.78 Å². The van der Waals surface area contributed by atoms with Crippen molar-refractivity contribution < 1.29 is 18.3 Å². The number of benzene rings is 1. The largest absolute Gasteiger partial charge is 0.484 e. The van der Waals surface area contributed by atoms with Crippen LogP contribution in [0, 0.1) is 17.0 Å². The Kier molecular flexibility index (Phi) is 3.88. The minimum absolute atomic E-state index is 0.0212. The molecule has 0 atom stereocenters.